The Labute approximate surface area is 143 Å². The molecule has 3 rings (SSSR count). The first-order chi connectivity index (χ1) is 10.7. The number of esters is 1. The van der Waals surface area contributed by atoms with Crippen LogP contribution in [-0.2, 0) is 14.3 Å². The average Bonchev–Trinajstić information content (AvgIpc) is 2.79. The van der Waals surface area contributed by atoms with Crippen LogP contribution in [0.1, 0.15) is 39.2 Å². The molecule has 1 saturated heterocycles. The highest BCUT2D eigenvalue weighted by atomic mass is 79.9. The molecule has 6 heteroatoms. The van der Waals surface area contributed by atoms with E-state index in [-0.39, 0.29) is 11.9 Å². The van der Waals surface area contributed by atoms with Gasteiger partial charge in [0.25, 0.3) is 5.91 Å². The Kier molecular flexibility index (Phi) is 3.63. The Morgan fingerprint density at radius 1 is 1.26 bits per heavy atom. The molecular formula is C17H19BrN2O3. The number of hydrogen-bond donors (Lipinski definition) is 1. The summed E-state index contributed by atoms with van der Waals surface area (Å²) in [5.74, 6) is -0.647. The summed E-state index contributed by atoms with van der Waals surface area (Å²) in [6.45, 7) is 5.72. The standard InChI is InChI=1S/C17H19BrN2O3/c1-15(2)16(3)8-9-17(15,23-14(16)22)13(21)20-19-10-11-4-6-12(18)7-5-11/h4-7,10H,8-9H2,1-3H3,(H,20,21)/b19-10+. The molecule has 122 valence electrons. The highest BCUT2D eigenvalue weighted by molar-refractivity contribution is 9.10. The normalized spacial score (nSPS) is 31.4. The number of halogens is 1. The van der Waals surface area contributed by atoms with Gasteiger partial charge in [-0.25, -0.2) is 5.43 Å². The summed E-state index contributed by atoms with van der Waals surface area (Å²) in [6, 6.07) is 7.55. The first-order valence-corrected chi connectivity index (χ1v) is 8.35. The fourth-order valence-corrected chi connectivity index (χ4v) is 3.82. The van der Waals surface area contributed by atoms with E-state index < -0.39 is 16.4 Å². The molecule has 2 aliphatic rings. The molecule has 5 nitrogen and oxygen atoms in total. The van der Waals surface area contributed by atoms with Crippen LogP contribution in [-0.4, -0.2) is 23.7 Å². The van der Waals surface area contributed by atoms with Crippen LogP contribution in [0.2, 0.25) is 0 Å². The number of carbonyl (C=O) groups is 2. The summed E-state index contributed by atoms with van der Waals surface area (Å²) >= 11 is 3.36. The lowest BCUT2D eigenvalue weighted by Gasteiger charge is -2.34. The average molecular weight is 379 g/mol. The van der Waals surface area contributed by atoms with E-state index in [0.717, 1.165) is 10.0 Å². The number of nitrogens with zero attached hydrogens (tertiary/aromatic N) is 1. The minimum atomic E-state index is -1.13. The second-order valence-electron chi connectivity index (χ2n) is 6.92. The maximum absolute atomic E-state index is 12.7. The summed E-state index contributed by atoms with van der Waals surface area (Å²) in [4.78, 5) is 24.8. The zero-order chi connectivity index (χ0) is 16.9. The van der Waals surface area contributed by atoms with Gasteiger partial charge >= 0.3 is 5.97 Å². The SMILES string of the molecule is CC12CCC(C(=O)N/N=C/c3ccc(Br)cc3)(OC1=O)C2(C)C. The molecule has 1 aliphatic heterocycles. The number of hydrazone groups is 1. The van der Waals surface area contributed by atoms with E-state index in [2.05, 4.69) is 26.5 Å². The van der Waals surface area contributed by atoms with Crippen molar-refractivity contribution in [2.24, 2.45) is 15.9 Å². The van der Waals surface area contributed by atoms with Gasteiger partial charge in [0.1, 0.15) is 0 Å². The monoisotopic (exact) mass is 378 g/mol. The molecule has 23 heavy (non-hydrogen) atoms. The van der Waals surface area contributed by atoms with Crippen LogP contribution in [0.25, 0.3) is 0 Å². The van der Waals surface area contributed by atoms with Crippen molar-refractivity contribution in [1.82, 2.24) is 5.43 Å². The van der Waals surface area contributed by atoms with Crippen LogP contribution < -0.4 is 5.43 Å². The van der Waals surface area contributed by atoms with Gasteiger partial charge in [-0.05, 0) is 37.5 Å². The first-order valence-electron chi connectivity index (χ1n) is 7.55. The summed E-state index contributed by atoms with van der Waals surface area (Å²) < 4.78 is 6.49. The number of hydrogen-bond acceptors (Lipinski definition) is 4. The molecular weight excluding hydrogens is 360 g/mol. The van der Waals surface area contributed by atoms with Gasteiger partial charge in [-0.3, -0.25) is 9.59 Å². The van der Waals surface area contributed by atoms with E-state index in [0.29, 0.717) is 12.8 Å². The van der Waals surface area contributed by atoms with Crippen molar-refractivity contribution in [3.63, 3.8) is 0 Å². The molecule has 1 aromatic carbocycles. The van der Waals surface area contributed by atoms with Crippen molar-refractivity contribution in [3.8, 4) is 0 Å². The van der Waals surface area contributed by atoms with Gasteiger partial charge in [-0.2, -0.15) is 5.10 Å². The first kappa shape index (κ1) is 16.2. The maximum atomic E-state index is 12.7. The molecule has 0 radical (unpaired) electrons. The minimum absolute atomic E-state index is 0.291. The summed E-state index contributed by atoms with van der Waals surface area (Å²) in [7, 11) is 0. The molecule has 2 unspecified atom stereocenters. The Morgan fingerprint density at radius 2 is 1.91 bits per heavy atom. The summed E-state index contributed by atoms with van der Waals surface area (Å²) in [5, 5.41) is 4.01. The molecule has 0 spiro atoms. The van der Waals surface area contributed by atoms with Crippen LogP contribution in [0.3, 0.4) is 0 Å². The maximum Gasteiger partial charge on any atom is 0.313 e. The van der Waals surface area contributed by atoms with Crippen molar-refractivity contribution in [2.45, 2.75) is 39.2 Å². The number of benzene rings is 1. The van der Waals surface area contributed by atoms with Crippen LogP contribution in [0, 0.1) is 10.8 Å². The zero-order valence-electron chi connectivity index (χ0n) is 13.4. The third-order valence-corrected chi connectivity index (χ3v) is 6.23. The third kappa shape index (κ3) is 2.15. The number of nitrogens with one attached hydrogen (secondary N) is 1. The Morgan fingerprint density at radius 3 is 2.43 bits per heavy atom. The van der Waals surface area contributed by atoms with Crippen molar-refractivity contribution >= 4 is 34.0 Å². The molecule has 2 fully saturated rings. The highest BCUT2D eigenvalue weighted by Crippen LogP contribution is 2.65. The van der Waals surface area contributed by atoms with Crippen LogP contribution in [0.5, 0.6) is 0 Å². The summed E-state index contributed by atoms with van der Waals surface area (Å²) in [6.07, 6.45) is 2.75. The lowest BCUT2D eigenvalue weighted by Crippen LogP contribution is -2.52. The quantitative estimate of drug-likeness (QED) is 0.499. The molecule has 1 aliphatic carbocycles. The van der Waals surface area contributed by atoms with Crippen molar-refractivity contribution in [3.05, 3.63) is 34.3 Å². The number of rotatable bonds is 3. The summed E-state index contributed by atoms with van der Waals surface area (Å²) in [5.41, 5.74) is 1.11. The van der Waals surface area contributed by atoms with Gasteiger partial charge in [0.15, 0.2) is 5.60 Å². The van der Waals surface area contributed by atoms with Gasteiger partial charge in [0, 0.05) is 9.89 Å². The van der Waals surface area contributed by atoms with Gasteiger partial charge < -0.3 is 4.74 Å². The predicted molar refractivity (Wildman–Crippen MR) is 89.8 cm³/mol. The fourth-order valence-electron chi connectivity index (χ4n) is 3.55. The van der Waals surface area contributed by atoms with E-state index >= 15 is 0 Å². The number of ether oxygens (including phenoxy) is 1. The molecule has 1 N–H and O–H groups in total. The van der Waals surface area contributed by atoms with Gasteiger partial charge in [-0.1, -0.05) is 41.9 Å². The Balaban J connectivity index is 1.76. The lowest BCUT2D eigenvalue weighted by atomic mass is 9.66. The van der Waals surface area contributed by atoms with Crippen LogP contribution in [0.4, 0.5) is 0 Å². The predicted octanol–water partition coefficient (Wildman–Crippen LogP) is 3.02. The van der Waals surface area contributed by atoms with E-state index in [1.807, 2.05) is 45.0 Å². The van der Waals surface area contributed by atoms with Gasteiger partial charge in [0.05, 0.1) is 11.6 Å². The minimum Gasteiger partial charge on any atom is -0.448 e. The van der Waals surface area contributed by atoms with Crippen molar-refractivity contribution < 1.29 is 14.3 Å². The van der Waals surface area contributed by atoms with E-state index in [9.17, 15) is 9.59 Å². The van der Waals surface area contributed by atoms with E-state index in [4.69, 9.17) is 4.74 Å². The van der Waals surface area contributed by atoms with Crippen molar-refractivity contribution in [1.29, 1.82) is 0 Å². The molecule has 1 saturated carbocycles. The molecule has 1 amide bonds. The van der Waals surface area contributed by atoms with E-state index in [1.54, 1.807) is 6.21 Å². The molecule has 1 heterocycles. The highest BCUT2D eigenvalue weighted by Gasteiger charge is 2.75. The number of amides is 1. The molecule has 2 bridgehead atoms. The fraction of sp³-hybridized carbons (Fsp3) is 0.471. The second kappa shape index (κ2) is 5.16. The van der Waals surface area contributed by atoms with Gasteiger partial charge in [0.2, 0.25) is 0 Å². The van der Waals surface area contributed by atoms with Gasteiger partial charge in [-0.15, -0.1) is 0 Å². The van der Waals surface area contributed by atoms with Crippen LogP contribution in [0.15, 0.2) is 33.8 Å². The number of fused-ring (bicyclic) bond motifs is 2. The largest absolute Gasteiger partial charge is 0.448 e. The molecule has 2 atom stereocenters. The third-order valence-electron chi connectivity index (χ3n) is 5.70. The lowest BCUT2D eigenvalue weighted by molar-refractivity contribution is -0.168. The van der Waals surface area contributed by atoms with E-state index in [1.165, 1.54) is 0 Å². The molecule has 1 aromatic rings. The Hall–Kier alpha value is -1.69. The smallest absolute Gasteiger partial charge is 0.313 e. The Bertz CT molecular complexity index is 698. The topological polar surface area (TPSA) is 67.8 Å². The molecule has 0 aromatic heterocycles. The second-order valence-corrected chi connectivity index (χ2v) is 7.84. The van der Waals surface area contributed by atoms with Crippen LogP contribution >= 0.6 is 15.9 Å². The number of carbonyl (C=O) groups excluding carboxylic acids is 2. The van der Waals surface area contributed by atoms with Crippen molar-refractivity contribution in [2.75, 3.05) is 0 Å². The zero-order valence-corrected chi connectivity index (χ0v) is 14.9.